The maximum absolute atomic E-state index is 6.92. The van der Waals surface area contributed by atoms with Crippen molar-refractivity contribution in [3.63, 3.8) is 0 Å². The van der Waals surface area contributed by atoms with Crippen LogP contribution in [0, 0.1) is 0 Å². The average molecular weight is 1060 g/mol. The second-order valence-electron chi connectivity index (χ2n) is 22.4. The quantitative estimate of drug-likeness (QED) is 0.137. The zero-order chi connectivity index (χ0) is 54.7. The molecule has 0 aliphatic heterocycles. The van der Waals surface area contributed by atoms with Gasteiger partial charge >= 0.3 is 0 Å². The SMILES string of the molecule is CC(C)c1cccc(-n2c3ccccc3c3c(N(c4ccccc4)c4ccc5c(c4)oc4ccc6c(ccc7oc8cc(N(c9ccccc9)c9cccc%10c9c9ccccc9n%10-c9cccc(C(C)C)c9)ccc8c76)c45)cccc32)c1. The van der Waals surface area contributed by atoms with Gasteiger partial charge in [0.2, 0.25) is 0 Å². The highest BCUT2D eigenvalue weighted by Gasteiger charge is 2.26. The Bertz CT molecular complexity index is 4870. The lowest BCUT2D eigenvalue weighted by molar-refractivity contribution is 0.668. The first kappa shape index (κ1) is 47.7. The molecule has 0 unspecified atom stereocenters. The third-order valence-electron chi connectivity index (χ3n) is 17.0. The van der Waals surface area contributed by atoms with Gasteiger partial charge in [0.25, 0.3) is 0 Å². The predicted molar refractivity (Wildman–Crippen MR) is 345 cm³/mol. The van der Waals surface area contributed by atoms with E-state index in [0.29, 0.717) is 11.8 Å². The van der Waals surface area contributed by atoms with Crippen LogP contribution in [0.25, 0.3) is 110 Å². The molecule has 0 saturated heterocycles. The summed E-state index contributed by atoms with van der Waals surface area (Å²) in [6.45, 7) is 9.03. The summed E-state index contributed by atoms with van der Waals surface area (Å²) in [5.74, 6) is 0.825. The number of hydrogen-bond acceptors (Lipinski definition) is 4. The summed E-state index contributed by atoms with van der Waals surface area (Å²) < 4.78 is 18.7. The van der Waals surface area contributed by atoms with Crippen LogP contribution in [0.2, 0.25) is 0 Å². The van der Waals surface area contributed by atoms with Crippen LogP contribution in [0.5, 0.6) is 0 Å². The van der Waals surface area contributed by atoms with E-state index < -0.39 is 0 Å². The molecule has 6 heteroatoms. The molecule has 0 bridgehead atoms. The normalized spacial score (nSPS) is 12.1. The van der Waals surface area contributed by atoms with Crippen LogP contribution < -0.4 is 9.80 Å². The molecule has 0 radical (unpaired) electrons. The molecule has 4 heterocycles. The fourth-order valence-corrected chi connectivity index (χ4v) is 13.2. The Hall–Kier alpha value is -10.3. The Kier molecular flexibility index (Phi) is 10.8. The minimum Gasteiger partial charge on any atom is -0.456 e. The minimum atomic E-state index is 0.412. The van der Waals surface area contributed by atoms with E-state index in [1.54, 1.807) is 0 Å². The van der Waals surface area contributed by atoms with Crippen LogP contribution in [-0.2, 0) is 0 Å². The molecule has 0 saturated carbocycles. The molecule has 0 aliphatic rings. The Morgan fingerprint density at radius 3 is 1.11 bits per heavy atom. The van der Waals surface area contributed by atoms with Crippen LogP contribution in [0.1, 0.15) is 50.7 Å². The molecule has 16 aromatic rings. The summed E-state index contributed by atoms with van der Waals surface area (Å²) in [4.78, 5) is 4.77. The number of benzene rings is 12. The molecule has 4 aromatic heterocycles. The van der Waals surface area contributed by atoms with E-state index in [-0.39, 0.29) is 0 Å². The molecule has 0 atom stereocenters. The molecule has 12 aromatic carbocycles. The van der Waals surface area contributed by atoms with E-state index >= 15 is 0 Å². The molecular formula is C76H56N4O2. The van der Waals surface area contributed by atoms with Gasteiger partial charge in [-0.15, -0.1) is 0 Å². The monoisotopic (exact) mass is 1060 g/mol. The molecular weight excluding hydrogens is 1000 g/mol. The second-order valence-corrected chi connectivity index (χ2v) is 22.4. The van der Waals surface area contributed by atoms with Crippen molar-refractivity contribution < 1.29 is 8.83 Å². The fraction of sp³-hybridized carbons (Fsp3) is 0.0789. The van der Waals surface area contributed by atoms with E-state index in [0.717, 1.165) is 111 Å². The lowest BCUT2D eigenvalue weighted by atomic mass is 9.99. The van der Waals surface area contributed by atoms with E-state index in [4.69, 9.17) is 8.83 Å². The number of hydrogen-bond donors (Lipinski definition) is 0. The number of aromatic nitrogens is 2. The summed E-state index contributed by atoms with van der Waals surface area (Å²) in [6, 6.07) is 92.5. The highest BCUT2D eigenvalue weighted by Crippen LogP contribution is 2.49. The van der Waals surface area contributed by atoms with Gasteiger partial charge in [-0.2, -0.15) is 0 Å². The van der Waals surface area contributed by atoms with Gasteiger partial charge in [-0.05, 0) is 167 Å². The van der Waals surface area contributed by atoms with E-state index in [2.05, 4.69) is 301 Å². The number of para-hydroxylation sites is 4. The van der Waals surface area contributed by atoms with Gasteiger partial charge in [-0.1, -0.05) is 137 Å². The lowest BCUT2D eigenvalue weighted by Gasteiger charge is -2.26. The molecule has 82 heavy (non-hydrogen) atoms. The number of fused-ring (bicyclic) bond motifs is 15. The first-order chi connectivity index (χ1) is 40.3. The lowest BCUT2D eigenvalue weighted by Crippen LogP contribution is -2.10. The standard InChI is InChI=1S/C76H56N4O2/c1-47(2)49-19-15-25-53(43-49)79-63-29-13-11-27-59(63)75-65(31-17-33-67(75)79)77(51-21-7-5-8-22-51)55-35-37-61-71(45-55)81-69-41-39-58-57(73(61)69)40-42-70-74(58)62-38-36-56(46-72(62)82-70)78(52-23-9-6-10-24-52)66-32-18-34-68-76(66)60-28-12-14-30-64(60)80(68)54-26-16-20-50(44-54)48(3)4/h5-48H,1-4H3. The maximum atomic E-state index is 6.92. The highest BCUT2D eigenvalue weighted by atomic mass is 16.3. The molecule has 0 amide bonds. The molecule has 392 valence electrons. The van der Waals surface area contributed by atoms with Gasteiger partial charge in [0.05, 0.1) is 33.4 Å². The topological polar surface area (TPSA) is 42.6 Å². The van der Waals surface area contributed by atoms with Crippen molar-refractivity contribution in [3.8, 4) is 11.4 Å². The van der Waals surface area contributed by atoms with Crippen molar-refractivity contribution in [2.75, 3.05) is 9.80 Å². The Morgan fingerprint density at radius 2 is 0.671 bits per heavy atom. The third kappa shape index (κ3) is 7.34. The fourth-order valence-electron chi connectivity index (χ4n) is 13.2. The van der Waals surface area contributed by atoms with Gasteiger partial charge in [0.15, 0.2) is 0 Å². The van der Waals surface area contributed by atoms with E-state index in [1.807, 2.05) is 0 Å². The number of furan rings is 2. The van der Waals surface area contributed by atoms with Crippen LogP contribution in [-0.4, -0.2) is 9.13 Å². The molecule has 16 rings (SSSR count). The van der Waals surface area contributed by atoms with Crippen molar-refractivity contribution in [1.82, 2.24) is 9.13 Å². The predicted octanol–water partition coefficient (Wildman–Crippen LogP) is 22.0. The minimum absolute atomic E-state index is 0.412. The summed E-state index contributed by atoms with van der Waals surface area (Å²) in [5, 5.41) is 11.3. The third-order valence-corrected chi connectivity index (χ3v) is 17.0. The van der Waals surface area contributed by atoms with Crippen LogP contribution in [0.4, 0.5) is 34.1 Å². The van der Waals surface area contributed by atoms with Crippen LogP contribution >= 0.6 is 0 Å². The Labute approximate surface area is 474 Å². The van der Waals surface area contributed by atoms with Crippen molar-refractivity contribution in [2.45, 2.75) is 39.5 Å². The Balaban J connectivity index is 0.833. The van der Waals surface area contributed by atoms with E-state index in [9.17, 15) is 0 Å². The molecule has 0 aliphatic carbocycles. The summed E-state index contributed by atoms with van der Waals surface area (Å²) in [6.07, 6.45) is 0. The maximum Gasteiger partial charge on any atom is 0.137 e. The number of nitrogens with zero attached hydrogens (tertiary/aromatic N) is 4. The van der Waals surface area contributed by atoms with Gasteiger partial charge in [-0.3, -0.25) is 0 Å². The largest absolute Gasteiger partial charge is 0.456 e. The van der Waals surface area contributed by atoms with Crippen molar-refractivity contribution in [3.05, 3.63) is 266 Å². The zero-order valence-corrected chi connectivity index (χ0v) is 46.0. The molecule has 6 nitrogen and oxygen atoms in total. The van der Waals surface area contributed by atoms with Gasteiger partial charge in [-0.25, -0.2) is 0 Å². The number of anilines is 6. The van der Waals surface area contributed by atoms with Crippen molar-refractivity contribution >= 4 is 132 Å². The van der Waals surface area contributed by atoms with Crippen LogP contribution in [0.15, 0.2) is 264 Å². The first-order valence-corrected chi connectivity index (χ1v) is 28.5. The van der Waals surface area contributed by atoms with Crippen molar-refractivity contribution in [1.29, 1.82) is 0 Å². The van der Waals surface area contributed by atoms with Gasteiger partial charge in [0.1, 0.15) is 22.3 Å². The Morgan fingerprint density at radius 1 is 0.280 bits per heavy atom. The average Bonchev–Trinajstić information content (AvgIpc) is 2.83. The summed E-state index contributed by atoms with van der Waals surface area (Å²) >= 11 is 0. The smallest absolute Gasteiger partial charge is 0.137 e. The molecule has 0 spiro atoms. The zero-order valence-electron chi connectivity index (χ0n) is 46.0. The van der Waals surface area contributed by atoms with Crippen molar-refractivity contribution in [2.24, 2.45) is 0 Å². The first-order valence-electron chi connectivity index (χ1n) is 28.5. The van der Waals surface area contributed by atoms with Crippen LogP contribution in [0.3, 0.4) is 0 Å². The van der Waals surface area contributed by atoms with E-state index in [1.165, 1.54) is 43.7 Å². The van der Waals surface area contributed by atoms with Gasteiger partial charge in [0, 0.05) is 89.3 Å². The highest BCUT2D eigenvalue weighted by molar-refractivity contribution is 6.28. The summed E-state index contributed by atoms with van der Waals surface area (Å²) in [7, 11) is 0. The number of rotatable bonds is 10. The molecule has 0 N–H and O–H groups in total. The van der Waals surface area contributed by atoms with Gasteiger partial charge < -0.3 is 27.8 Å². The molecule has 0 fully saturated rings. The second kappa shape index (κ2) is 18.7. The summed E-state index contributed by atoms with van der Waals surface area (Å²) in [5.41, 5.74) is 19.3.